The van der Waals surface area contributed by atoms with Crippen LogP contribution in [0.2, 0.25) is 10.0 Å². The Morgan fingerprint density at radius 1 is 0.891 bits per heavy atom. The van der Waals surface area contributed by atoms with Crippen molar-refractivity contribution in [2.45, 2.75) is 56.1 Å². The highest BCUT2D eigenvalue weighted by Gasteiger charge is 2.41. The van der Waals surface area contributed by atoms with Gasteiger partial charge in [0.15, 0.2) is 0 Å². The predicted molar refractivity (Wildman–Crippen MR) is 180 cm³/mol. The van der Waals surface area contributed by atoms with Gasteiger partial charge in [0.1, 0.15) is 11.4 Å². The number of sulfonamides is 1. The summed E-state index contributed by atoms with van der Waals surface area (Å²) >= 11 is 12.6. The van der Waals surface area contributed by atoms with Gasteiger partial charge < -0.3 is 14.8 Å². The van der Waals surface area contributed by atoms with Crippen molar-refractivity contribution in [1.82, 2.24) is 9.62 Å². The minimum Gasteiger partial charge on any atom is -0.497 e. The summed E-state index contributed by atoms with van der Waals surface area (Å²) in [6, 6.07) is 22.4. The zero-order chi connectivity index (χ0) is 33.2. The molecule has 1 fully saturated rings. The molecule has 0 aliphatic carbocycles. The first-order valence-corrected chi connectivity index (χ1v) is 17.1. The van der Waals surface area contributed by atoms with E-state index >= 15 is 0 Å². The summed E-state index contributed by atoms with van der Waals surface area (Å²) in [4.78, 5) is 24.7. The Balaban J connectivity index is 1.40. The number of nitrogens with one attached hydrogen (secondary N) is 1. The van der Waals surface area contributed by atoms with Crippen molar-refractivity contribution in [2.24, 2.45) is 0 Å². The van der Waals surface area contributed by atoms with E-state index in [-0.39, 0.29) is 35.9 Å². The number of hydrogen-bond acceptors (Lipinski definition) is 6. The molecule has 11 heteroatoms. The minimum absolute atomic E-state index is 0.0210. The van der Waals surface area contributed by atoms with Crippen molar-refractivity contribution >= 4 is 55.9 Å². The normalized spacial score (nSPS) is 17.2. The first-order chi connectivity index (χ1) is 21.7. The molecular formula is C35H36Cl2N2O6S. The molecule has 1 aliphatic rings. The molecule has 1 aliphatic heterocycles. The predicted octanol–water partition coefficient (Wildman–Crippen LogP) is 7.54. The van der Waals surface area contributed by atoms with Gasteiger partial charge in [-0.2, -0.15) is 4.31 Å². The molecule has 0 spiro atoms. The summed E-state index contributed by atoms with van der Waals surface area (Å²) in [5, 5.41) is 5.60. The van der Waals surface area contributed by atoms with Crippen LogP contribution in [0, 0.1) is 0 Å². The first kappa shape index (κ1) is 33.7. The van der Waals surface area contributed by atoms with Crippen molar-refractivity contribution in [2.75, 3.05) is 20.2 Å². The third-order valence-electron chi connectivity index (χ3n) is 7.83. The second kappa shape index (κ2) is 13.6. The molecule has 0 bridgehead atoms. The number of halogens is 2. The second-order valence-electron chi connectivity index (χ2n) is 12.3. The fourth-order valence-corrected chi connectivity index (χ4v) is 7.90. The maximum Gasteiger partial charge on any atom is 0.308 e. The monoisotopic (exact) mass is 682 g/mol. The van der Waals surface area contributed by atoms with Gasteiger partial charge in [0, 0.05) is 28.7 Å². The van der Waals surface area contributed by atoms with Gasteiger partial charge in [-0.3, -0.25) is 9.59 Å². The average Bonchev–Trinajstić information content (AvgIpc) is 3.46. The van der Waals surface area contributed by atoms with Gasteiger partial charge in [0.25, 0.3) is 5.91 Å². The molecule has 1 amide bonds. The largest absolute Gasteiger partial charge is 0.497 e. The van der Waals surface area contributed by atoms with Crippen LogP contribution < -0.4 is 10.1 Å². The third kappa shape index (κ3) is 7.83. The maximum absolute atomic E-state index is 14.2. The van der Waals surface area contributed by atoms with Gasteiger partial charge in [-0.05, 0) is 116 Å². The number of ether oxygens (including phenoxy) is 2. The highest BCUT2D eigenvalue weighted by atomic mass is 35.5. The summed E-state index contributed by atoms with van der Waals surface area (Å²) < 4.78 is 40.6. The Morgan fingerprint density at radius 2 is 1.54 bits per heavy atom. The number of fused-ring (bicyclic) bond motifs is 1. The number of hydrogen-bond donors (Lipinski definition) is 1. The molecule has 1 heterocycles. The number of carbonyl (C=O) groups is 2. The molecule has 0 aromatic heterocycles. The van der Waals surface area contributed by atoms with E-state index in [9.17, 15) is 18.0 Å². The molecule has 4 aromatic rings. The first-order valence-electron chi connectivity index (χ1n) is 14.9. The number of rotatable bonds is 9. The molecule has 1 saturated heterocycles. The Labute approximate surface area is 279 Å². The van der Waals surface area contributed by atoms with Gasteiger partial charge in [-0.15, -0.1) is 0 Å². The molecule has 8 nitrogen and oxygen atoms in total. The fraction of sp³-hybridized carbons (Fsp3) is 0.314. The lowest BCUT2D eigenvalue weighted by atomic mass is 9.93. The summed E-state index contributed by atoms with van der Waals surface area (Å²) in [5.74, 6) is -0.253. The number of benzene rings is 4. The van der Waals surface area contributed by atoms with E-state index in [1.165, 1.54) is 28.6 Å². The molecule has 46 heavy (non-hydrogen) atoms. The quantitative estimate of drug-likeness (QED) is 0.183. The lowest BCUT2D eigenvalue weighted by Gasteiger charge is -2.25. The Kier molecular flexibility index (Phi) is 9.98. The summed E-state index contributed by atoms with van der Waals surface area (Å²) in [6.07, 6.45) is 0.544. The van der Waals surface area contributed by atoms with Crippen LogP contribution in [0.4, 0.5) is 0 Å². The number of nitrogens with zero attached hydrogens (tertiary/aromatic N) is 1. The smallest absolute Gasteiger partial charge is 0.308 e. The maximum atomic E-state index is 14.2. The van der Waals surface area contributed by atoms with Crippen LogP contribution in [-0.2, 0) is 19.6 Å². The Morgan fingerprint density at radius 3 is 2.20 bits per heavy atom. The van der Waals surface area contributed by atoms with Crippen molar-refractivity contribution in [1.29, 1.82) is 0 Å². The van der Waals surface area contributed by atoms with Gasteiger partial charge in [-0.1, -0.05) is 41.4 Å². The van der Waals surface area contributed by atoms with Gasteiger partial charge in [-0.25, -0.2) is 8.42 Å². The van der Waals surface area contributed by atoms with Crippen LogP contribution in [0.5, 0.6) is 5.75 Å². The van der Waals surface area contributed by atoms with Gasteiger partial charge in [0.2, 0.25) is 10.0 Å². The molecule has 1 N–H and O–H groups in total. The molecule has 2 atom stereocenters. The van der Waals surface area contributed by atoms with E-state index in [1.807, 2.05) is 48.5 Å². The van der Waals surface area contributed by atoms with Crippen LogP contribution in [0.15, 0.2) is 83.8 Å². The van der Waals surface area contributed by atoms with E-state index in [0.29, 0.717) is 16.5 Å². The zero-order valence-corrected chi connectivity index (χ0v) is 28.4. The van der Waals surface area contributed by atoms with Crippen LogP contribution in [-0.4, -0.2) is 50.4 Å². The number of esters is 1. The third-order valence-corrected chi connectivity index (χ3v) is 10.2. The lowest BCUT2D eigenvalue weighted by molar-refractivity contribution is -0.154. The zero-order valence-electron chi connectivity index (χ0n) is 26.0. The van der Waals surface area contributed by atoms with E-state index in [0.717, 1.165) is 27.6 Å². The van der Waals surface area contributed by atoms with Crippen LogP contribution in [0.25, 0.3) is 10.8 Å². The van der Waals surface area contributed by atoms with E-state index < -0.39 is 33.5 Å². The number of amides is 1. The highest BCUT2D eigenvalue weighted by molar-refractivity contribution is 7.89. The molecule has 5 rings (SSSR count). The summed E-state index contributed by atoms with van der Waals surface area (Å²) in [7, 11) is -2.38. The van der Waals surface area contributed by atoms with E-state index in [2.05, 4.69) is 5.32 Å². The molecule has 0 radical (unpaired) electrons. The topological polar surface area (TPSA) is 102 Å². The van der Waals surface area contributed by atoms with Crippen molar-refractivity contribution in [3.63, 3.8) is 0 Å². The van der Waals surface area contributed by atoms with Crippen LogP contribution in [0.3, 0.4) is 0 Å². The molecule has 0 saturated carbocycles. The standard InChI is InChI=1S/C35H36Cl2N2O6S/c1-35(2,3)45-33(40)13-14-38-34(41)22-8-11-31(12-9-22)46(42,43)39-21-27(26-16-28(36)20-29(37)17-26)19-32(39)25-6-5-24-18-30(44-4)10-7-23(24)15-25/h5-12,15-18,20,27,32H,13-14,19,21H2,1-4H3,(H,38,41)/t27-,32-/m1/s1. The number of carbonyl (C=O) groups excluding carboxylic acids is 2. The van der Waals surface area contributed by atoms with Gasteiger partial charge in [0.05, 0.1) is 24.5 Å². The highest BCUT2D eigenvalue weighted by Crippen LogP contribution is 2.45. The van der Waals surface area contributed by atoms with Crippen molar-refractivity contribution < 1.29 is 27.5 Å². The average molecular weight is 684 g/mol. The summed E-state index contributed by atoms with van der Waals surface area (Å²) in [5.41, 5.74) is 1.39. The number of methoxy groups -OCH3 is 1. The molecular weight excluding hydrogens is 647 g/mol. The lowest BCUT2D eigenvalue weighted by Crippen LogP contribution is -2.31. The molecule has 242 valence electrons. The fourth-order valence-electron chi connectivity index (χ4n) is 5.69. The van der Waals surface area contributed by atoms with E-state index in [1.54, 1.807) is 33.9 Å². The molecule has 0 unspecified atom stereocenters. The molecule has 4 aromatic carbocycles. The summed E-state index contributed by atoms with van der Waals surface area (Å²) in [6.45, 7) is 5.63. The Bertz CT molecular complexity index is 1850. The second-order valence-corrected chi connectivity index (χ2v) is 15.1. The van der Waals surface area contributed by atoms with Crippen LogP contribution in [0.1, 0.15) is 67.1 Å². The van der Waals surface area contributed by atoms with Crippen molar-refractivity contribution in [3.05, 3.63) is 106 Å². The van der Waals surface area contributed by atoms with Crippen LogP contribution >= 0.6 is 23.2 Å². The van der Waals surface area contributed by atoms with E-state index in [4.69, 9.17) is 32.7 Å². The van der Waals surface area contributed by atoms with Gasteiger partial charge >= 0.3 is 5.97 Å². The SMILES string of the molecule is COc1ccc2cc([C@H]3C[C@@H](c4cc(Cl)cc(Cl)c4)CN3S(=O)(=O)c3ccc(C(=O)NCCC(=O)OC(C)(C)C)cc3)ccc2c1. The van der Waals surface area contributed by atoms with Crippen molar-refractivity contribution in [3.8, 4) is 5.75 Å². The minimum atomic E-state index is -3.99. The Hall–Kier alpha value is -3.63.